The maximum absolute atomic E-state index is 6.06. The summed E-state index contributed by atoms with van der Waals surface area (Å²) < 4.78 is 1.93. The van der Waals surface area contributed by atoms with Crippen LogP contribution in [0, 0.1) is 0 Å². The standard InChI is InChI=1S/C13H12Cl2N8/c1-2-9-19-21-23(20-9)8-4-3-7(5-8)22-6-16-10-11(14)17-13(15)18-12(10)22/h3-4,6-8H,2,5H2,1H3/t7-,8+/m0/s1. The summed E-state index contributed by atoms with van der Waals surface area (Å²) in [6.07, 6.45) is 7.38. The maximum atomic E-state index is 6.06. The highest BCUT2D eigenvalue weighted by atomic mass is 35.5. The second-order valence-electron chi connectivity index (χ2n) is 5.24. The summed E-state index contributed by atoms with van der Waals surface area (Å²) in [4.78, 5) is 14.1. The van der Waals surface area contributed by atoms with E-state index in [1.807, 2.05) is 11.5 Å². The first-order valence-electron chi connectivity index (χ1n) is 7.18. The highest BCUT2D eigenvalue weighted by Crippen LogP contribution is 2.33. The molecule has 0 N–H and O–H groups in total. The first kappa shape index (κ1) is 14.5. The van der Waals surface area contributed by atoms with Crippen LogP contribution in [0.5, 0.6) is 0 Å². The van der Waals surface area contributed by atoms with E-state index in [0.29, 0.717) is 11.2 Å². The van der Waals surface area contributed by atoms with Crippen LogP contribution in [0.1, 0.15) is 31.3 Å². The van der Waals surface area contributed by atoms with Gasteiger partial charge in [-0.3, -0.25) is 0 Å². The zero-order chi connectivity index (χ0) is 16.0. The molecular weight excluding hydrogens is 339 g/mol. The third-order valence-electron chi connectivity index (χ3n) is 3.83. The second-order valence-corrected chi connectivity index (χ2v) is 5.94. The fraction of sp³-hybridized carbons (Fsp3) is 0.385. The molecule has 1 aliphatic carbocycles. The summed E-state index contributed by atoms with van der Waals surface area (Å²) in [5.74, 6) is 0.737. The zero-order valence-corrected chi connectivity index (χ0v) is 13.6. The Hall–Kier alpha value is -2.06. The van der Waals surface area contributed by atoms with Crippen molar-refractivity contribution in [3.8, 4) is 0 Å². The van der Waals surface area contributed by atoms with Crippen LogP contribution in [0.3, 0.4) is 0 Å². The molecule has 4 rings (SSSR count). The second kappa shape index (κ2) is 5.54. The van der Waals surface area contributed by atoms with Crippen molar-refractivity contribution >= 4 is 34.4 Å². The smallest absolute Gasteiger partial charge is 0.225 e. The van der Waals surface area contributed by atoms with Crippen molar-refractivity contribution in [1.82, 2.24) is 39.7 Å². The van der Waals surface area contributed by atoms with E-state index >= 15 is 0 Å². The molecule has 0 amide bonds. The molecule has 23 heavy (non-hydrogen) atoms. The summed E-state index contributed by atoms with van der Waals surface area (Å²) in [6.45, 7) is 2.00. The molecule has 118 valence electrons. The lowest BCUT2D eigenvalue weighted by Crippen LogP contribution is -2.12. The van der Waals surface area contributed by atoms with Crippen LogP contribution in [-0.4, -0.2) is 39.7 Å². The molecule has 2 atom stereocenters. The Morgan fingerprint density at radius 3 is 2.83 bits per heavy atom. The molecule has 0 aromatic carbocycles. The van der Waals surface area contributed by atoms with E-state index in [9.17, 15) is 0 Å². The molecule has 0 bridgehead atoms. The van der Waals surface area contributed by atoms with Crippen molar-refractivity contribution in [2.75, 3.05) is 0 Å². The monoisotopic (exact) mass is 350 g/mol. The van der Waals surface area contributed by atoms with Crippen molar-refractivity contribution in [3.05, 3.63) is 34.7 Å². The van der Waals surface area contributed by atoms with E-state index in [2.05, 4.69) is 42.5 Å². The molecule has 0 aliphatic heterocycles. The average molecular weight is 351 g/mol. The Morgan fingerprint density at radius 2 is 2.04 bits per heavy atom. The number of fused-ring (bicyclic) bond motifs is 1. The van der Waals surface area contributed by atoms with Gasteiger partial charge >= 0.3 is 0 Å². The van der Waals surface area contributed by atoms with E-state index < -0.39 is 0 Å². The highest BCUT2D eigenvalue weighted by Gasteiger charge is 2.25. The lowest BCUT2D eigenvalue weighted by molar-refractivity contribution is 0.416. The Balaban J connectivity index is 1.64. The molecule has 0 unspecified atom stereocenters. The molecule has 0 saturated heterocycles. The van der Waals surface area contributed by atoms with Crippen molar-refractivity contribution in [3.63, 3.8) is 0 Å². The molecule has 3 aromatic heterocycles. The summed E-state index contributed by atoms with van der Waals surface area (Å²) in [6, 6.07) is 0.126. The number of hydrogen-bond acceptors (Lipinski definition) is 6. The number of allylic oxidation sites excluding steroid dienone is 2. The Kier molecular flexibility index (Phi) is 3.50. The number of aromatic nitrogens is 8. The summed E-state index contributed by atoms with van der Waals surface area (Å²) in [5, 5.41) is 12.8. The van der Waals surface area contributed by atoms with Crippen LogP contribution in [-0.2, 0) is 6.42 Å². The van der Waals surface area contributed by atoms with Gasteiger partial charge < -0.3 is 4.57 Å². The Bertz CT molecular complexity index is 899. The molecular formula is C13H12Cl2N8. The first-order chi connectivity index (χ1) is 11.2. The van der Waals surface area contributed by atoms with Crippen LogP contribution in [0.25, 0.3) is 11.2 Å². The topological polar surface area (TPSA) is 87.2 Å². The number of aryl methyl sites for hydroxylation is 1. The van der Waals surface area contributed by atoms with Gasteiger partial charge in [0.15, 0.2) is 16.6 Å². The minimum atomic E-state index is 0.0537. The van der Waals surface area contributed by atoms with Gasteiger partial charge in [-0.1, -0.05) is 30.7 Å². The Morgan fingerprint density at radius 1 is 1.22 bits per heavy atom. The van der Waals surface area contributed by atoms with Gasteiger partial charge in [0.05, 0.1) is 18.4 Å². The van der Waals surface area contributed by atoms with E-state index in [1.165, 1.54) is 0 Å². The lowest BCUT2D eigenvalue weighted by atomic mass is 10.2. The van der Waals surface area contributed by atoms with Crippen molar-refractivity contribution < 1.29 is 0 Å². The summed E-state index contributed by atoms with van der Waals surface area (Å²) in [5.41, 5.74) is 1.16. The van der Waals surface area contributed by atoms with Crippen molar-refractivity contribution in [2.24, 2.45) is 0 Å². The Labute approximate surface area is 141 Å². The molecule has 8 nitrogen and oxygen atoms in total. The van der Waals surface area contributed by atoms with Gasteiger partial charge in [-0.15, -0.1) is 10.2 Å². The maximum Gasteiger partial charge on any atom is 0.225 e. The number of hydrogen-bond donors (Lipinski definition) is 0. The molecule has 3 heterocycles. The van der Waals surface area contributed by atoms with Gasteiger partial charge in [0.1, 0.15) is 5.52 Å². The lowest BCUT2D eigenvalue weighted by Gasteiger charge is -2.13. The fourth-order valence-corrected chi connectivity index (χ4v) is 3.10. The third-order valence-corrected chi connectivity index (χ3v) is 4.26. The molecule has 0 spiro atoms. The van der Waals surface area contributed by atoms with E-state index in [1.54, 1.807) is 11.1 Å². The van der Waals surface area contributed by atoms with E-state index in [-0.39, 0.29) is 22.5 Å². The number of tetrazole rings is 1. The van der Waals surface area contributed by atoms with Crippen LogP contribution in [0.4, 0.5) is 0 Å². The number of imidazole rings is 1. The van der Waals surface area contributed by atoms with Crippen molar-refractivity contribution in [1.29, 1.82) is 0 Å². The van der Waals surface area contributed by atoms with Gasteiger partial charge in [0.2, 0.25) is 5.28 Å². The normalized spacial score (nSPS) is 20.7. The molecule has 0 fully saturated rings. The number of nitrogens with zero attached hydrogens (tertiary/aromatic N) is 8. The first-order valence-corrected chi connectivity index (χ1v) is 7.93. The molecule has 0 radical (unpaired) electrons. The minimum absolute atomic E-state index is 0.0537. The minimum Gasteiger partial charge on any atom is -0.308 e. The quantitative estimate of drug-likeness (QED) is 0.409. The van der Waals surface area contributed by atoms with Gasteiger partial charge in [-0.05, 0) is 23.2 Å². The van der Waals surface area contributed by atoms with Crippen LogP contribution >= 0.6 is 23.2 Å². The van der Waals surface area contributed by atoms with Gasteiger partial charge in [-0.2, -0.15) is 9.78 Å². The summed E-state index contributed by atoms with van der Waals surface area (Å²) >= 11 is 12.0. The highest BCUT2D eigenvalue weighted by molar-refractivity contribution is 6.35. The van der Waals surface area contributed by atoms with E-state index in [4.69, 9.17) is 23.2 Å². The van der Waals surface area contributed by atoms with Gasteiger partial charge in [-0.25, -0.2) is 9.97 Å². The van der Waals surface area contributed by atoms with Crippen molar-refractivity contribution in [2.45, 2.75) is 31.8 Å². The summed E-state index contributed by atoms with van der Waals surface area (Å²) in [7, 11) is 0. The molecule has 1 aliphatic rings. The predicted molar refractivity (Wildman–Crippen MR) is 84.4 cm³/mol. The molecule has 10 heteroatoms. The number of rotatable bonds is 3. The average Bonchev–Trinajstić information content (AvgIpc) is 3.25. The molecule has 3 aromatic rings. The van der Waals surface area contributed by atoms with Gasteiger partial charge in [0, 0.05) is 6.42 Å². The SMILES string of the molecule is CCc1nnn([C@@H]2C=C[C@H](n3cnc4c(Cl)nc(Cl)nc43)C2)n1. The third kappa shape index (κ3) is 2.47. The largest absolute Gasteiger partial charge is 0.308 e. The fourth-order valence-electron chi connectivity index (χ4n) is 2.68. The van der Waals surface area contributed by atoms with Gasteiger partial charge in [0.25, 0.3) is 0 Å². The van der Waals surface area contributed by atoms with Crippen LogP contribution < -0.4 is 0 Å². The van der Waals surface area contributed by atoms with Crippen LogP contribution in [0.2, 0.25) is 10.4 Å². The van der Waals surface area contributed by atoms with Crippen LogP contribution in [0.15, 0.2) is 18.5 Å². The molecule has 0 saturated carbocycles. The zero-order valence-electron chi connectivity index (χ0n) is 12.1. The number of halogens is 2. The predicted octanol–water partition coefficient (Wildman–Crippen LogP) is 2.42. The van der Waals surface area contributed by atoms with E-state index in [0.717, 1.165) is 18.7 Å².